The van der Waals surface area contributed by atoms with E-state index in [9.17, 15) is 10.1 Å². The summed E-state index contributed by atoms with van der Waals surface area (Å²) in [4.78, 5) is 11.0. The predicted octanol–water partition coefficient (Wildman–Crippen LogP) is 4.14. The second-order valence-electron chi connectivity index (χ2n) is 3.18. The molecule has 82 valence electrons. The summed E-state index contributed by atoms with van der Waals surface area (Å²) in [5, 5.41) is 11.4. The van der Waals surface area contributed by atoms with Gasteiger partial charge in [-0.3, -0.25) is 10.1 Å². The highest BCUT2D eigenvalue weighted by Crippen LogP contribution is 2.37. The smallest absolute Gasteiger partial charge is 0.258 e. The fourth-order valence-electron chi connectivity index (χ4n) is 1.07. The lowest BCUT2D eigenvalue weighted by Crippen LogP contribution is -1.96. The normalized spacial score (nSPS) is 12.5. The number of nitro benzene ring substituents is 1. The van der Waals surface area contributed by atoms with Gasteiger partial charge < -0.3 is 0 Å². The van der Waals surface area contributed by atoms with Gasteiger partial charge in [0, 0.05) is 5.25 Å². The van der Waals surface area contributed by atoms with Crippen LogP contribution < -0.4 is 0 Å². The fourth-order valence-corrected chi connectivity index (χ4v) is 2.42. The molecule has 1 aromatic carbocycles. The summed E-state index contributed by atoms with van der Waals surface area (Å²) in [5.74, 6) is 0. The largest absolute Gasteiger partial charge is 0.301 e. The van der Waals surface area contributed by atoms with Crippen LogP contribution in [0.1, 0.15) is 20.3 Å². The number of thioether (sulfide) groups is 1. The number of hydrogen-bond donors (Lipinski definition) is 0. The summed E-state index contributed by atoms with van der Waals surface area (Å²) in [6, 6.07) is 5.02. The van der Waals surface area contributed by atoms with Crippen LogP contribution in [0.15, 0.2) is 23.1 Å². The van der Waals surface area contributed by atoms with Gasteiger partial charge in [0.1, 0.15) is 5.02 Å². The minimum absolute atomic E-state index is 0.0180. The maximum atomic E-state index is 10.8. The van der Waals surface area contributed by atoms with Gasteiger partial charge in [-0.15, -0.1) is 11.8 Å². The molecule has 0 spiro atoms. The van der Waals surface area contributed by atoms with Crippen molar-refractivity contribution in [2.24, 2.45) is 0 Å². The summed E-state index contributed by atoms with van der Waals surface area (Å²) in [6.45, 7) is 4.09. The van der Waals surface area contributed by atoms with Crippen molar-refractivity contribution in [1.29, 1.82) is 0 Å². The summed E-state index contributed by atoms with van der Waals surface area (Å²) in [5.41, 5.74) is 0.0180. The Morgan fingerprint density at radius 3 is 2.80 bits per heavy atom. The first kappa shape index (κ1) is 12.3. The van der Waals surface area contributed by atoms with Crippen molar-refractivity contribution in [3.63, 3.8) is 0 Å². The van der Waals surface area contributed by atoms with Crippen molar-refractivity contribution in [3.05, 3.63) is 33.3 Å². The second kappa shape index (κ2) is 5.37. The number of para-hydroxylation sites is 1. The zero-order valence-corrected chi connectivity index (χ0v) is 10.1. The molecule has 0 aliphatic rings. The molecular formula is C10H12ClNO2S. The topological polar surface area (TPSA) is 43.1 Å². The molecule has 1 unspecified atom stereocenters. The fraction of sp³-hybridized carbons (Fsp3) is 0.400. The Labute approximate surface area is 98.0 Å². The molecule has 0 saturated carbocycles. The van der Waals surface area contributed by atoms with Crippen molar-refractivity contribution in [3.8, 4) is 0 Å². The van der Waals surface area contributed by atoms with E-state index in [1.54, 1.807) is 18.2 Å². The molecular weight excluding hydrogens is 234 g/mol. The number of halogens is 1. The maximum Gasteiger partial charge on any atom is 0.301 e. The van der Waals surface area contributed by atoms with Crippen molar-refractivity contribution >= 4 is 29.1 Å². The van der Waals surface area contributed by atoms with E-state index in [1.165, 1.54) is 11.8 Å². The Kier molecular flexibility index (Phi) is 4.42. The number of benzene rings is 1. The highest BCUT2D eigenvalue weighted by Gasteiger charge is 2.19. The van der Waals surface area contributed by atoms with Crippen LogP contribution in [0.3, 0.4) is 0 Å². The van der Waals surface area contributed by atoms with E-state index >= 15 is 0 Å². The highest BCUT2D eigenvalue weighted by molar-refractivity contribution is 8.00. The molecule has 3 nitrogen and oxygen atoms in total. The molecule has 0 aliphatic heterocycles. The first-order valence-electron chi connectivity index (χ1n) is 4.65. The molecule has 15 heavy (non-hydrogen) atoms. The molecule has 0 aliphatic carbocycles. The standard InChI is InChI=1S/C10H12ClNO2S/c1-3-7(2)15-9-6-4-5-8(11)10(9)12(13)14/h4-7H,3H2,1-2H3. The van der Waals surface area contributed by atoms with Gasteiger partial charge >= 0.3 is 5.69 Å². The SMILES string of the molecule is CCC(C)Sc1cccc(Cl)c1[N+](=O)[O-]. The average Bonchev–Trinajstić information content (AvgIpc) is 2.17. The summed E-state index contributed by atoms with van der Waals surface area (Å²) in [6.07, 6.45) is 0.967. The molecule has 1 aromatic rings. The first-order valence-corrected chi connectivity index (χ1v) is 5.91. The Hall–Kier alpha value is -0.740. The van der Waals surface area contributed by atoms with Gasteiger partial charge in [-0.2, -0.15) is 0 Å². The molecule has 0 bridgehead atoms. The third kappa shape index (κ3) is 3.11. The third-order valence-corrected chi connectivity index (χ3v) is 3.66. The van der Waals surface area contributed by atoms with Crippen molar-refractivity contribution in [2.75, 3.05) is 0 Å². The summed E-state index contributed by atoms with van der Waals surface area (Å²) < 4.78 is 0. The monoisotopic (exact) mass is 245 g/mol. The zero-order chi connectivity index (χ0) is 11.4. The summed E-state index contributed by atoms with van der Waals surface area (Å²) in [7, 11) is 0. The number of nitro groups is 1. The van der Waals surface area contributed by atoms with Gasteiger partial charge in [0.25, 0.3) is 0 Å². The lowest BCUT2D eigenvalue weighted by Gasteiger charge is -2.08. The van der Waals surface area contributed by atoms with Crippen LogP contribution in [0.25, 0.3) is 0 Å². The molecule has 0 N–H and O–H groups in total. The molecule has 0 fully saturated rings. The highest BCUT2D eigenvalue weighted by atomic mass is 35.5. The Bertz CT molecular complexity index is 370. The van der Waals surface area contributed by atoms with Crippen molar-refractivity contribution in [2.45, 2.75) is 30.4 Å². The van der Waals surface area contributed by atoms with E-state index in [1.807, 2.05) is 13.8 Å². The van der Waals surface area contributed by atoms with E-state index in [0.717, 1.165) is 6.42 Å². The molecule has 0 amide bonds. The third-order valence-electron chi connectivity index (χ3n) is 2.04. The number of nitrogens with zero attached hydrogens (tertiary/aromatic N) is 1. The van der Waals surface area contributed by atoms with Crippen LogP contribution in [0, 0.1) is 10.1 Å². The lowest BCUT2D eigenvalue weighted by atomic mass is 10.3. The Morgan fingerprint density at radius 2 is 2.27 bits per heavy atom. The number of hydrogen-bond acceptors (Lipinski definition) is 3. The second-order valence-corrected chi connectivity index (χ2v) is 5.07. The minimum atomic E-state index is -0.424. The average molecular weight is 246 g/mol. The molecule has 1 rings (SSSR count). The van der Waals surface area contributed by atoms with Crippen LogP contribution in [-0.4, -0.2) is 10.2 Å². The van der Waals surface area contributed by atoms with Crippen molar-refractivity contribution < 1.29 is 4.92 Å². The van der Waals surface area contributed by atoms with Crippen LogP contribution in [0.5, 0.6) is 0 Å². The maximum absolute atomic E-state index is 10.8. The minimum Gasteiger partial charge on any atom is -0.258 e. The molecule has 0 saturated heterocycles. The number of rotatable bonds is 4. The van der Waals surface area contributed by atoms with Crippen LogP contribution >= 0.6 is 23.4 Å². The van der Waals surface area contributed by atoms with E-state index in [2.05, 4.69) is 0 Å². The van der Waals surface area contributed by atoms with Gasteiger partial charge in [-0.05, 0) is 18.6 Å². The molecule has 0 radical (unpaired) electrons. The van der Waals surface area contributed by atoms with Gasteiger partial charge in [0.15, 0.2) is 0 Å². The Morgan fingerprint density at radius 1 is 1.60 bits per heavy atom. The Balaban J connectivity index is 3.06. The zero-order valence-electron chi connectivity index (χ0n) is 8.57. The van der Waals surface area contributed by atoms with Crippen LogP contribution in [0.2, 0.25) is 5.02 Å². The van der Waals surface area contributed by atoms with Gasteiger partial charge in [0.2, 0.25) is 0 Å². The van der Waals surface area contributed by atoms with E-state index in [0.29, 0.717) is 10.1 Å². The van der Waals surface area contributed by atoms with Crippen LogP contribution in [-0.2, 0) is 0 Å². The van der Waals surface area contributed by atoms with Gasteiger partial charge in [-0.25, -0.2) is 0 Å². The van der Waals surface area contributed by atoms with E-state index in [-0.39, 0.29) is 10.7 Å². The molecule has 1 atom stereocenters. The lowest BCUT2D eigenvalue weighted by molar-refractivity contribution is -0.387. The predicted molar refractivity (Wildman–Crippen MR) is 63.7 cm³/mol. The van der Waals surface area contributed by atoms with E-state index < -0.39 is 4.92 Å². The van der Waals surface area contributed by atoms with E-state index in [4.69, 9.17) is 11.6 Å². The molecule has 5 heteroatoms. The molecule has 0 heterocycles. The van der Waals surface area contributed by atoms with Gasteiger partial charge in [0.05, 0.1) is 9.82 Å². The molecule has 0 aromatic heterocycles. The van der Waals surface area contributed by atoms with Gasteiger partial charge in [-0.1, -0.05) is 31.5 Å². The quantitative estimate of drug-likeness (QED) is 0.455. The van der Waals surface area contributed by atoms with Crippen molar-refractivity contribution in [1.82, 2.24) is 0 Å². The van der Waals surface area contributed by atoms with Crippen LogP contribution in [0.4, 0.5) is 5.69 Å². The first-order chi connectivity index (χ1) is 7.06. The summed E-state index contributed by atoms with van der Waals surface area (Å²) >= 11 is 7.28.